The Morgan fingerprint density at radius 2 is 1.68 bits per heavy atom. The molecular weight excluding hydrogens is 574 g/mol. The number of alkyl halides is 2. The largest absolute Gasteiger partial charge is 0.387 e. The van der Waals surface area contributed by atoms with Crippen LogP contribution in [0.15, 0.2) is 42.5 Å². The molecule has 1 heterocycles. The topological polar surface area (TPSA) is 97.3 Å². The summed E-state index contributed by atoms with van der Waals surface area (Å²) in [6.45, 7) is 8.64. The van der Waals surface area contributed by atoms with Crippen LogP contribution in [0.5, 0.6) is 0 Å². The first-order chi connectivity index (χ1) is 20.9. The molecule has 0 aliphatic rings. The SMILES string of the molecule is C#C.C#C.CC(C)c1cccc(Cn2nc(-c3cc(F)ccc3F)nc2[C@H](N(CCCN)C(=O)CO)C(C)(C)C)c1.FCF. The third-order valence-corrected chi connectivity index (χ3v) is 6.25. The molecule has 0 aliphatic heterocycles. The van der Waals surface area contributed by atoms with Gasteiger partial charge in [-0.1, -0.05) is 58.9 Å². The van der Waals surface area contributed by atoms with E-state index in [2.05, 4.69) is 61.8 Å². The lowest BCUT2D eigenvalue weighted by Crippen LogP contribution is -2.44. The highest BCUT2D eigenvalue weighted by Gasteiger charge is 2.38. The van der Waals surface area contributed by atoms with Gasteiger partial charge in [-0.25, -0.2) is 27.2 Å². The fraction of sp³-hybridized carbons (Fsp3) is 0.424. The number of terminal acetylenes is 2. The summed E-state index contributed by atoms with van der Waals surface area (Å²) in [7, 11) is 0. The highest BCUT2D eigenvalue weighted by Crippen LogP contribution is 2.39. The molecule has 3 rings (SSSR count). The number of benzene rings is 2. The van der Waals surface area contributed by atoms with Gasteiger partial charge in [-0.3, -0.25) is 4.79 Å². The average Bonchev–Trinajstić information content (AvgIpc) is 3.40. The fourth-order valence-electron chi connectivity index (χ4n) is 4.42. The second-order valence-corrected chi connectivity index (χ2v) is 10.7. The zero-order valence-corrected chi connectivity index (χ0v) is 26.0. The van der Waals surface area contributed by atoms with E-state index in [0.717, 1.165) is 29.3 Å². The molecule has 0 spiro atoms. The molecule has 1 amide bonds. The van der Waals surface area contributed by atoms with Crippen molar-refractivity contribution >= 4 is 5.91 Å². The lowest BCUT2D eigenvalue weighted by molar-refractivity contribution is -0.139. The van der Waals surface area contributed by atoms with E-state index in [-0.39, 0.29) is 11.4 Å². The minimum Gasteiger partial charge on any atom is -0.387 e. The first-order valence-corrected chi connectivity index (χ1v) is 13.8. The molecule has 0 saturated heterocycles. The summed E-state index contributed by atoms with van der Waals surface area (Å²) in [5.74, 6) is -0.958. The molecule has 0 radical (unpaired) electrons. The van der Waals surface area contributed by atoms with Crippen LogP contribution in [0, 0.1) is 42.7 Å². The van der Waals surface area contributed by atoms with E-state index >= 15 is 0 Å². The van der Waals surface area contributed by atoms with Gasteiger partial charge in [0.2, 0.25) is 12.8 Å². The fourth-order valence-corrected chi connectivity index (χ4v) is 4.42. The summed E-state index contributed by atoms with van der Waals surface area (Å²) in [6, 6.07) is 10.6. The Hall–Kier alpha value is -4.19. The van der Waals surface area contributed by atoms with E-state index in [0.29, 0.717) is 37.8 Å². The van der Waals surface area contributed by atoms with Gasteiger partial charge in [-0.2, -0.15) is 5.10 Å². The molecule has 240 valence electrons. The first kappa shape index (κ1) is 39.8. The van der Waals surface area contributed by atoms with Crippen molar-refractivity contribution in [2.45, 2.75) is 59.5 Å². The smallest absolute Gasteiger partial charge is 0.248 e. The van der Waals surface area contributed by atoms with E-state index in [1.807, 2.05) is 32.9 Å². The molecule has 1 atom stereocenters. The van der Waals surface area contributed by atoms with Gasteiger partial charge in [0.1, 0.15) is 18.2 Å². The van der Waals surface area contributed by atoms with Gasteiger partial charge < -0.3 is 15.7 Å². The predicted molar refractivity (Wildman–Crippen MR) is 167 cm³/mol. The number of nitrogens with two attached hydrogens (primary N) is 1. The summed E-state index contributed by atoms with van der Waals surface area (Å²) in [4.78, 5) is 19.2. The molecular formula is C33H43F4N5O2. The summed E-state index contributed by atoms with van der Waals surface area (Å²) < 4.78 is 49.7. The van der Waals surface area contributed by atoms with Gasteiger partial charge in [0.25, 0.3) is 0 Å². The summed E-state index contributed by atoms with van der Waals surface area (Å²) >= 11 is 0. The molecule has 0 unspecified atom stereocenters. The maximum absolute atomic E-state index is 14.7. The van der Waals surface area contributed by atoms with Gasteiger partial charge in [0.15, 0.2) is 11.6 Å². The average molecular weight is 618 g/mol. The minimum atomic E-state index is -1.75. The number of carbonyl (C=O) groups is 1. The molecule has 3 N–H and O–H groups in total. The molecule has 44 heavy (non-hydrogen) atoms. The van der Waals surface area contributed by atoms with E-state index in [1.54, 1.807) is 9.58 Å². The molecule has 3 aromatic rings. The molecule has 0 fully saturated rings. The van der Waals surface area contributed by atoms with Crippen LogP contribution >= 0.6 is 0 Å². The van der Waals surface area contributed by atoms with Crippen molar-refractivity contribution in [2.24, 2.45) is 11.1 Å². The van der Waals surface area contributed by atoms with Gasteiger partial charge in [-0.05, 0) is 53.6 Å². The normalized spacial score (nSPS) is 11.2. The molecule has 7 nitrogen and oxygen atoms in total. The van der Waals surface area contributed by atoms with Crippen molar-refractivity contribution in [1.82, 2.24) is 19.7 Å². The quantitative estimate of drug-likeness (QED) is 0.214. The van der Waals surface area contributed by atoms with Crippen LogP contribution in [0.25, 0.3) is 11.4 Å². The highest BCUT2D eigenvalue weighted by molar-refractivity contribution is 5.77. The third kappa shape index (κ3) is 11.5. The standard InChI is InChI=1S/C28H37F2N5O2.2C2H2.CH2F2/c1-18(2)20-9-6-8-19(14-20)16-35-27(32-26(33-35)22-15-21(29)10-11-23(22)30)25(28(3,4)5)34(13-7-12-31)24(37)17-36;2*1-2;2-1-3/h6,8-11,14-15,18,25,36H,7,12-13,16-17,31H2,1-5H3;2*1-2H;1H2/t25-;;;/m0.../s1. The molecule has 0 bridgehead atoms. The van der Waals surface area contributed by atoms with E-state index < -0.39 is 42.5 Å². The second-order valence-electron chi connectivity index (χ2n) is 10.7. The minimum absolute atomic E-state index is 0.0245. The number of aliphatic hydroxyl groups is 1. The lowest BCUT2D eigenvalue weighted by atomic mass is 9.84. The van der Waals surface area contributed by atoms with Crippen LogP contribution in [0.2, 0.25) is 0 Å². The Morgan fingerprint density at radius 3 is 2.20 bits per heavy atom. The maximum atomic E-state index is 14.7. The van der Waals surface area contributed by atoms with Crippen LogP contribution in [-0.2, 0) is 11.3 Å². The second kappa shape index (κ2) is 19.9. The number of nitrogens with zero attached hydrogens (tertiary/aromatic N) is 4. The Balaban J connectivity index is 0.00000244. The number of amides is 1. The summed E-state index contributed by atoms with van der Waals surface area (Å²) in [6.07, 6.45) is 16.5. The van der Waals surface area contributed by atoms with E-state index in [4.69, 9.17) is 5.73 Å². The molecule has 0 saturated carbocycles. The van der Waals surface area contributed by atoms with Crippen LogP contribution in [0.4, 0.5) is 17.6 Å². The summed E-state index contributed by atoms with van der Waals surface area (Å²) in [5.41, 5.74) is 7.25. The van der Waals surface area contributed by atoms with Crippen molar-refractivity contribution in [3.05, 3.63) is 71.1 Å². The van der Waals surface area contributed by atoms with Gasteiger partial charge in [0.05, 0.1) is 18.2 Å². The Kier molecular flexibility index (Phi) is 18.0. The number of aliphatic hydroxyl groups excluding tert-OH is 1. The van der Waals surface area contributed by atoms with E-state index in [9.17, 15) is 27.5 Å². The third-order valence-electron chi connectivity index (χ3n) is 6.25. The number of rotatable bonds is 10. The number of aromatic nitrogens is 3. The van der Waals surface area contributed by atoms with Gasteiger partial charge in [-0.15, -0.1) is 25.7 Å². The number of carbonyl (C=O) groups excluding carboxylic acids is 1. The van der Waals surface area contributed by atoms with Crippen molar-refractivity contribution in [2.75, 3.05) is 26.6 Å². The predicted octanol–water partition coefficient (Wildman–Crippen LogP) is 6.03. The van der Waals surface area contributed by atoms with Gasteiger partial charge in [0, 0.05) is 6.54 Å². The van der Waals surface area contributed by atoms with Crippen molar-refractivity contribution in [3.8, 4) is 37.1 Å². The zero-order chi connectivity index (χ0) is 34.0. The highest BCUT2D eigenvalue weighted by atomic mass is 19.3. The monoisotopic (exact) mass is 617 g/mol. The van der Waals surface area contributed by atoms with Gasteiger partial charge >= 0.3 is 0 Å². The Morgan fingerprint density at radius 1 is 1.07 bits per heavy atom. The zero-order valence-electron chi connectivity index (χ0n) is 26.0. The molecule has 0 aliphatic carbocycles. The van der Waals surface area contributed by atoms with Crippen LogP contribution in [-0.4, -0.2) is 57.3 Å². The molecule has 1 aromatic heterocycles. The Bertz CT molecular complexity index is 1330. The first-order valence-electron chi connectivity index (χ1n) is 13.8. The number of hydrogen-bond donors (Lipinski definition) is 2. The number of halogens is 4. The molecule has 11 heteroatoms. The molecule has 2 aromatic carbocycles. The van der Waals surface area contributed by atoms with Crippen LogP contribution in [0.3, 0.4) is 0 Å². The van der Waals surface area contributed by atoms with Crippen molar-refractivity contribution in [3.63, 3.8) is 0 Å². The van der Waals surface area contributed by atoms with Crippen LogP contribution < -0.4 is 5.73 Å². The Labute approximate surface area is 258 Å². The lowest BCUT2D eigenvalue weighted by Gasteiger charge is -2.39. The summed E-state index contributed by atoms with van der Waals surface area (Å²) in [5, 5.41) is 14.4. The number of hydrogen-bond acceptors (Lipinski definition) is 5. The maximum Gasteiger partial charge on any atom is 0.248 e. The van der Waals surface area contributed by atoms with Crippen molar-refractivity contribution < 1.29 is 27.5 Å². The van der Waals surface area contributed by atoms with Crippen LogP contribution in [0.1, 0.15) is 70.0 Å². The van der Waals surface area contributed by atoms with Crippen molar-refractivity contribution in [1.29, 1.82) is 0 Å². The van der Waals surface area contributed by atoms with E-state index in [1.165, 1.54) is 0 Å².